The molecule has 6 nitrogen and oxygen atoms in total. The quantitative estimate of drug-likeness (QED) is 0.482. The number of halogens is 1. The molecule has 1 N–H and O–H groups in total. The highest BCUT2D eigenvalue weighted by molar-refractivity contribution is 6.39. The molecule has 160 valence electrons. The summed E-state index contributed by atoms with van der Waals surface area (Å²) in [6.07, 6.45) is 1.38. The molecule has 0 saturated carbocycles. The molecule has 1 aliphatic heterocycles. The number of barbiturate groups is 1. The molecule has 4 amide bonds. The highest BCUT2D eigenvalue weighted by atomic mass is 19.1. The van der Waals surface area contributed by atoms with Gasteiger partial charge < -0.3 is 4.74 Å². The Morgan fingerprint density at radius 1 is 0.938 bits per heavy atom. The third-order valence-electron chi connectivity index (χ3n) is 4.92. The zero-order valence-electron chi connectivity index (χ0n) is 17.2. The lowest BCUT2D eigenvalue weighted by molar-refractivity contribution is -0.122. The van der Waals surface area contributed by atoms with Crippen molar-refractivity contribution in [3.63, 3.8) is 0 Å². The van der Waals surface area contributed by atoms with E-state index in [4.69, 9.17) is 4.74 Å². The summed E-state index contributed by atoms with van der Waals surface area (Å²) in [5, 5.41) is 2.15. The van der Waals surface area contributed by atoms with E-state index in [-0.39, 0.29) is 11.3 Å². The molecule has 1 fully saturated rings. The molecule has 0 aliphatic carbocycles. The van der Waals surface area contributed by atoms with Crippen LogP contribution in [0.25, 0.3) is 6.08 Å². The van der Waals surface area contributed by atoms with Crippen molar-refractivity contribution in [3.05, 3.63) is 101 Å². The van der Waals surface area contributed by atoms with Crippen LogP contribution in [0.5, 0.6) is 5.75 Å². The summed E-state index contributed by atoms with van der Waals surface area (Å²) >= 11 is 0. The van der Waals surface area contributed by atoms with Crippen LogP contribution < -0.4 is 15.0 Å². The lowest BCUT2D eigenvalue weighted by atomic mass is 10.1. The van der Waals surface area contributed by atoms with Crippen LogP contribution in [0, 0.1) is 12.7 Å². The number of aryl methyl sites for hydroxylation is 1. The minimum absolute atomic E-state index is 0.149. The molecule has 3 aromatic carbocycles. The molecule has 1 heterocycles. The van der Waals surface area contributed by atoms with E-state index in [0.29, 0.717) is 17.9 Å². The predicted molar refractivity (Wildman–Crippen MR) is 117 cm³/mol. The normalized spacial score (nSPS) is 15.1. The van der Waals surface area contributed by atoms with Crippen molar-refractivity contribution < 1.29 is 23.5 Å². The lowest BCUT2D eigenvalue weighted by Crippen LogP contribution is -2.54. The summed E-state index contributed by atoms with van der Waals surface area (Å²) in [6.45, 7) is 2.30. The molecule has 0 bridgehead atoms. The number of para-hydroxylation sites is 1. The van der Waals surface area contributed by atoms with Gasteiger partial charge >= 0.3 is 6.03 Å². The summed E-state index contributed by atoms with van der Waals surface area (Å²) in [4.78, 5) is 38.5. The van der Waals surface area contributed by atoms with Gasteiger partial charge in [-0.25, -0.2) is 14.1 Å². The van der Waals surface area contributed by atoms with Gasteiger partial charge in [0.05, 0.1) is 5.69 Å². The van der Waals surface area contributed by atoms with Crippen LogP contribution >= 0.6 is 0 Å². The SMILES string of the molecule is Cc1ccc(COc2ccccc2/C=C2\C(=O)NC(=O)N(c3ccc(F)cc3)C2=O)cc1. The van der Waals surface area contributed by atoms with Gasteiger partial charge in [-0.3, -0.25) is 14.9 Å². The second-order valence-corrected chi connectivity index (χ2v) is 7.25. The Morgan fingerprint density at radius 3 is 2.34 bits per heavy atom. The summed E-state index contributed by atoms with van der Waals surface area (Å²) in [5.74, 6) is -1.65. The van der Waals surface area contributed by atoms with E-state index in [0.717, 1.165) is 28.2 Å². The van der Waals surface area contributed by atoms with Crippen molar-refractivity contribution in [2.24, 2.45) is 0 Å². The van der Waals surface area contributed by atoms with Crippen molar-refractivity contribution in [2.75, 3.05) is 4.90 Å². The van der Waals surface area contributed by atoms with Crippen LogP contribution in [-0.4, -0.2) is 17.8 Å². The number of imide groups is 2. The van der Waals surface area contributed by atoms with Crippen molar-refractivity contribution in [3.8, 4) is 5.75 Å². The number of rotatable bonds is 5. The summed E-state index contributed by atoms with van der Waals surface area (Å²) in [6, 6.07) is 18.8. The number of urea groups is 1. The van der Waals surface area contributed by atoms with Crippen LogP contribution in [0.4, 0.5) is 14.9 Å². The average molecular weight is 430 g/mol. The second kappa shape index (κ2) is 8.85. The van der Waals surface area contributed by atoms with Crippen LogP contribution in [-0.2, 0) is 16.2 Å². The Morgan fingerprint density at radius 2 is 1.62 bits per heavy atom. The number of nitrogens with one attached hydrogen (secondary N) is 1. The zero-order chi connectivity index (χ0) is 22.7. The van der Waals surface area contributed by atoms with Crippen molar-refractivity contribution in [1.82, 2.24) is 5.32 Å². The van der Waals surface area contributed by atoms with E-state index in [1.165, 1.54) is 18.2 Å². The number of ether oxygens (including phenoxy) is 1. The van der Waals surface area contributed by atoms with Crippen molar-refractivity contribution >= 4 is 29.6 Å². The van der Waals surface area contributed by atoms with Gasteiger partial charge in [0.25, 0.3) is 11.8 Å². The molecular weight excluding hydrogens is 411 g/mol. The van der Waals surface area contributed by atoms with E-state index in [1.807, 2.05) is 31.2 Å². The van der Waals surface area contributed by atoms with Gasteiger partial charge in [-0.05, 0) is 48.9 Å². The van der Waals surface area contributed by atoms with Gasteiger partial charge in [-0.2, -0.15) is 0 Å². The average Bonchev–Trinajstić information content (AvgIpc) is 2.78. The maximum absolute atomic E-state index is 13.3. The first kappa shape index (κ1) is 21.0. The monoisotopic (exact) mass is 430 g/mol. The number of anilines is 1. The summed E-state index contributed by atoms with van der Waals surface area (Å²) in [7, 11) is 0. The van der Waals surface area contributed by atoms with Gasteiger partial charge in [0.2, 0.25) is 0 Å². The molecule has 0 atom stereocenters. The maximum Gasteiger partial charge on any atom is 0.335 e. The molecular formula is C25H19FN2O4. The van der Waals surface area contributed by atoms with Crippen molar-refractivity contribution in [2.45, 2.75) is 13.5 Å². The minimum Gasteiger partial charge on any atom is -0.488 e. The van der Waals surface area contributed by atoms with E-state index in [2.05, 4.69) is 5.32 Å². The standard InChI is InChI=1S/C25H19FN2O4/c1-16-6-8-17(9-7-16)15-32-22-5-3-2-4-18(22)14-21-23(29)27-25(31)28(24(21)30)20-12-10-19(26)11-13-20/h2-14H,15H2,1H3,(H,27,29,31)/b21-14+. The van der Waals surface area contributed by atoms with Crippen LogP contribution in [0.15, 0.2) is 78.4 Å². The highest BCUT2D eigenvalue weighted by Gasteiger charge is 2.36. The van der Waals surface area contributed by atoms with Gasteiger partial charge in [0.1, 0.15) is 23.7 Å². The number of benzene rings is 3. The van der Waals surface area contributed by atoms with Gasteiger partial charge in [-0.15, -0.1) is 0 Å². The molecule has 1 aliphatic rings. The van der Waals surface area contributed by atoms with Crippen molar-refractivity contribution in [1.29, 1.82) is 0 Å². The number of carbonyl (C=O) groups is 3. The number of carbonyl (C=O) groups excluding carboxylic acids is 3. The van der Waals surface area contributed by atoms with E-state index in [9.17, 15) is 18.8 Å². The van der Waals surface area contributed by atoms with Gasteiger partial charge in [0.15, 0.2) is 0 Å². The Kier molecular flexibility index (Phi) is 5.81. The first-order chi connectivity index (χ1) is 15.4. The Bertz CT molecular complexity index is 1220. The number of amides is 4. The molecule has 4 rings (SSSR count). The van der Waals surface area contributed by atoms with Gasteiger partial charge in [-0.1, -0.05) is 48.0 Å². The molecule has 0 aromatic heterocycles. The van der Waals surface area contributed by atoms with E-state index in [1.54, 1.807) is 24.3 Å². The first-order valence-electron chi connectivity index (χ1n) is 9.87. The fourth-order valence-electron chi connectivity index (χ4n) is 3.21. The van der Waals surface area contributed by atoms with Crippen LogP contribution in [0.1, 0.15) is 16.7 Å². The highest BCUT2D eigenvalue weighted by Crippen LogP contribution is 2.26. The molecule has 32 heavy (non-hydrogen) atoms. The number of hydrogen-bond acceptors (Lipinski definition) is 4. The van der Waals surface area contributed by atoms with Crippen LogP contribution in [0.3, 0.4) is 0 Å². The topological polar surface area (TPSA) is 75.7 Å². The molecule has 7 heteroatoms. The second-order valence-electron chi connectivity index (χ2n) is 7.25. The molecule has 0 radical (unpaired) electrons. The Balaban J connectivity index is 1.62. The molecule has 3 aromatic rings. The molecule has 1 saturated heterocycles. The Labute approximate surface area is 183 Å². The number of hydrogen-bond donors (Lipinski definition) is 1. The van der Waals surface area contributed by atoms with Crippen LogP contribution in [0.2, 0.25) is 0 Å². The largest absolute Gasteiger partial charge is 0.488 e. The smallest absolute Gasteiger partial charge is 0.335 e. The molecule has 0 unspecified atom stereocenters. The number of nitrogens with zero attached hydrogens (tertiary/aromatic N) is 1. The fraction of sp³-hybridized carbons (Fsp3) is 0.0800. The first-order valence-corrected chi connectivity index (χ1v) is 9.87. The third-order valence-corrected chi connectivity index (χ3v) is 4.92. The summed E-state index contributed by atoms with van der Waals surface area (Å²) < 4.78 is 19.2. The zero-order valence-corrected chi connectivity index (χ0v) is 17.2. The summed E-state index contributed by atoms with van der Waals surface area (Å²) in [5.41, 5.74) is 2.53. The van der Waals surface area contributed by atoms with E-state index >= 15 is 0 Å². The molecule has 0 spiro atoms. The Hall–Kier alpha value is -4.26. The third kappa shape index (κ3) is 4.41. The lowest BCUT2D eigenvalue weighted by Gasteiger charge is -2.26. The van der Waals surface area contributed by atoms with E-state index < -0.39 is 23.7 Å². The minimum atomic E-state index is -0.896. The fourth-order valence-corrected chi connectivity index (χ4v) is 3.21. The maximum atomic E-state index is 13.3. The van der Waals surface area contributed by atoms with Gasteiger partial charge in [0, 0.05) is 5.56 Å². The predicted octanol–water partition coefficient (Wildman–Crippen LogP) is 4.38.